The average Bonchev–Trinajstić information content (AvgIpc) is 3.29. The molecule has 1 amide bonds. The van der Waals surface area contributed by atoms with E-state index >= 15 is 0 Å². The van der Waals surface area contributed by atoms with Crippen LogP contribution in [-0.4, -0.2) is 56.2 Å². The summed E-state index contributed by atoms with van der Waals surface area (Å²) in [5.41, 5.74) is 2.12. The Balaban J connectivity index is 0.00000261. The Morgan fingerprint density at radius 2 is 1.93 bits per heavy atom. The van der Waals surface area contributed by atoms with Gasteiger partial charge in [-0.2, -0.15) is 0 Å². The molecule has 1 spiro atoms. The van der Waals surface area contributed by atoms with Gasteiger partial charge in [-0.15, -0.1) is 24.0 Å². The number of nitrogens with one attached hydrogen (secondary N) is 2. The van der Waals surface area contributed by atoms with Crippen molar-refractivity contribution >= 4 is 35.8 Å². The molecule has 0 aliphatic carbocycles. The Hall–Kier alpha value is -1.35. The van der Waals surface area contributed by atoms with Gasteiger partial charge in [-0.1, -0.05) is 12.1 Å². The molecule has 2 aliphatic rings. The van der Waals surface area contributed by atoms with Crippen molar-refractivity contribution in [2.75, 3.05) is 39.4 Å². The van der Waals surface area contributed by atoms with Crippen molar-refractivity contribution in [1.29, 1.82) is 0 Å². The second kappa shape index (κ2) is 10.3. The van der Waals surface area contributed by atoms with Crippen molar-refractivity contribution in [2.45, 2.75) is 33.2 Å². The predicted octanol–water partition coefficient (Wildman–Crippen LogP) is 2.63. The third-order valence-electron chi connectivity index (χ3n) is 5.22. The summed E-state index contributed by atoms with van der Waals surface area (Å²) in [6, 6.07) is 7.69. The van der Waals surface area contributed by atoms with Gasteiger partial charge in [-0.3, -0.25) is 4.79 Å². The summed E-state index contributed by atoms with van der Waals surface area (Å²) >= 11 is 0. The van der Waals surface area contributed by atoms with Crippen LogP contribution in [0.4, 0.5) is 0 Å². The Kier molecular flexibility index (Phi) is 8.34. The van der Waals surface area contributed by atoms with Crippen LogP contribution in [-0.2, 0) is 11.3 Å². The molecule has 1 aromatic carbocycles. The van der Waals surface area contributed by atoms with E-state index in [1.165, 1.54) is 6.42 Å². The molecule has 0 aromatic heterocycles. The number of halogens is 1. The fourth-order valence-corrected chi connectivity index (χ4v) is 3.70. The Labute approximate surface area is 179 Å². The summed E-state index contributed by atoms with van der Waals surface area (Å²) in [5, 5.41) is 6.23. The number of aliphatic imine (C=N–C) groups is 1. The lowest BCUT2D eigenvalue weighted by molar-refractivity contribution is 0.0956. The zero-order valence-corrected chi connectivity index (χ0v) is 18.6. The smallest absolute Gasteiger partial charge is 0.251 e. The van der Waals surface area contributed by atoms with Crippen molar-refractivity contribution in [3.63, 3.8) is 0 Å². The number of carbonyl (C=O) groups is 1. The summed E-state index contributed by atoms with van der Waals surface area (Å²) in [4.78, 5) is 19.0. The number of benzene rings is 1. The number of amides is 1. The summed E-state index contributed by atoms with van der Waals surface area (Å²) < 4.78 is 5.63. The van der Waals surface area contributed by atoms with Gasteiger partial charge in [0.25, 0.3) is 5.91 Å². The van der Waals surface area contributed by atoms with Crippen molar-refractivity contribution in [3.8, 4) is 0 Å². The second-order valence-corrected chi connectivity index (χ2v) is 7.20. The molecule has 27 heavy (non-hydrogen) atoms. The molecule has 150 valence electrons. The fourth-order valence-electron chi connectivity index (χ4n) is 3.70. The SMILES string of the molecule is CCNC(=O)c1ccc(CN=C(NCC)N2CCC3(CCOC3)C2)cc1.I. The fraction of sp³-hybridized carbons (Fsp3) is 0.600. The van der Waals surface area contributed by atoms with Crippen molar-refractivity contribution in [1.82, 2.24) is 15.5 Å². The molecular weight excluding hydrogens is 455 g/mol. The van der Waals surface area contributed by atoms with E-state index in [4.69, 9.17) is 9.73 Å². The molecule has 2 N–H and O–H groups in total. The molecule has 3 rings (SSSR count). The zero-order chi connectivity index (χ0) is 18.4. The minimum Gasteiger partial charge on any atom is -0.381 e. The quantitative estimate of drug-likeness (QED) is 0.382. The monoisotopic (exact) mass is 486 g/mol. The lowest BCUT2D eigenvalue weighted by Gasteiger charge is -2.25. The topological polar surface area (TPSA) is 66.0 Å². The van der Waals surface area contributed by atoms with E-state index in [0.717, 1.165) is 50.8 Å². The van der Waals surface area contributed by atoms with Crippen molar-refractivity contribution < 1.29 is 9.53 Å². The Bertz CT molecular complexity index is 642. The molecular formula is C20H31IN4O2. The van der Waals surface area contributed by atoms with E-state index in [1.807, 2.05) is 31.2 Å². The minimum atomic E-state index is -0.0305. The maximum Gasteiger partial charge on any atom is 0.251 e. The van der Waals surface area contributed by atoms with Crippen LogP contribution in [0.3, 0.4) is 0 Å². The summed E-state index contributed by atoms with van der Waals surface area (Å²) in [6.07, 6.45) is 2.34. The molecule has 1 unspecified atom stereocenters. The molecule has 0 saturated carbocycles. The van der Waals surface area contributed by atoms with E-state index in [2.05, 4.69) is 22.5 Å². The van der Waals surface area contributed by atoms with Gasteiger partial charge in [-0.05, 0) is 44.4 Å². The number of hydrogen-bond donors (Lipinski definition) is 2. The van der Waals surface area contributed by atoms with E-state index in [-0.39, 0.29) is 29.9 Å². The highest BCUT2D eigenvalue weighted by molar-refractivity contribution is 14.0. The van der Waals surface area contributed by atoms with Crippen LogP contribution in [0.5, 0.6) is 0 Å². The van der Waals surface area contributed by atoms with Crippen molar-refractivity contribution in [3.05, 3.63) is 35.4 Å². The number of rotatable bonds is 5. The van der Waals surface area contributed by atoms with Gasteiger partial charge in [0.2, 0.25) is 0 Å². The Morgan fingerprint density at radius 1 is 1.19 bits per heavy atom. The zero-order valence-electron chi connectivity index (χ0n) is 16.3. The summed E-state index contributed by atoms with van der Waals surface area (Å²) in [7, 11) is 0. The first kappa shape index (κ1) is 21.9. The van der Waals surface area contributed by atoms with Gasteiger partial charge < -0.3 is 20.3 Å². The van der Waals surface area contributed by atoms with Crippen LogP contribution >= 0.6 is 24.0 Å². The number of ether oxygens (including phenoxy) is 1. The predicted molar refractivity (Wildman–Crippen MR) is 119 cm³/mol. The highest BCUT2D eigenvalue weighted by atomic mass is 127. The third-order valence-corrected chi connectivity index (χ3v) is 5.22. The lowest BCUT2D eigenvalue weighted by atomic mass is 9.87. The highest BCUT2D eigenvalue weighted by Crippen LogP contribution is 2.38. The average molecular weight is 486 g/mol. The first-order chi connectivity index (χ1) is 12.7. The van der Waals surface area contributed by atoms with Crippen LogP contribution in [0, 0.1) is 5.41 Å². The number of nitrogens with zero attached hydrogens (tertiary/aromatic N) is 2. The normalized spacial score (nSPS) is 22.0. The van der Waals surface area contributed by atoms with Gasteiger partial charge in [0.1, 0.15) is 0 Å². The minimum absolute atomic E-state index is 0. The number of likely N-dealkylation sites (tertiary alicyclic amines) is 1. The van der Waals surface area contributed by atoms with Gasteiger partial charge >= 0.3 is 0 Å². The molecule has 6 nitrogen and oxygen atoms in total. The molecule has 2 aliphatic heterocycles. The molecule has 2 saturated heterocycles. The number of guanidine groups is 1. The molecule has 2 fully saturated rings. The molecule has 7 heteroatoms. The standard InChI is InChI=1S/C20H30N4O2.HI/c1-3-21-18(25)17-7-5-16(6-8-17)13-23-19(22-4-2)24-11-9-20(14-24)10-12-26-15-20;/h5-8H,3-4,9-15H2,1-2H3,(H,21,25)(H,22,23);1H. The lowest BCUT2D eigenvalue weighted by Crippen LogP contribution is -2.41. The second-order valence-electron chi connectivity index (χ2n) is 7.20. The van der Waals surface area contributed by atoms with Crippen LogP contribution in [0.15, 0.2) is 29.3 Å². The molecule has 2 heterocycles. The molecule has 0 bridgehead atoms. The van der Waals surface area contributed by atoms with Crippen LogP contribution in [0.25, 0.3) is 0 Å². The van der Waals surface area contributed by atoms with E-state index in [9.17, 15) is 4.79 Å². The summed E-state index contributed by atoms with van der Waals surface area (Å²) in [6.45, 7) is 9.95. The molecule has 1 atom stereocenters. The van der Waals surface area contributed by atoms with Gasteiger partial charge in [0, 0.05) is 43.8 Å². The first-order valence-corrected chi connectivity index (χ1v) is 9.64. The maximum atomic E-state index is 11.8. The van der Waals surface area contributed by atoms with Gasteiger partial charge in [-0.25, -0.2) is 4.99 Å². The van der Waals surface area contributed by atoms with E-state index < -0.39 is 0 Å². The van der Waals surface area contributed by atoms with E-state index in [0.29, 0.717) is 24.1 Å². The van der Waals surface area contributed by atoms with E-state index in [1.54, 1.807) is 0 Å². The Morgan fingerprint density at radius 3 is 2.56 bits per heavy atom. The van der Waals surface area contributed by atoms with Crippen LogP contribution in [0.2, 0.25) is 0 Å². The van der Waals surface area contributed by atoms with Crippen molar-refractivity contribution in [2.24, 2.45) is 10.4 Å². The number of carbonyl (C=O) groups excluding carboxylic acids is 1. The summed E-state index contributed by atoms with van der Waals surface area (Å²) in [5.74, 6) is 0.945. The van der Waals surface area contributed by atoms with Crippen LogP contribution in [0.1, 0.15) is 42.6 Å². The van der Waals surface area contributed by atoms with Gasteiger partial charge in [0.15, 0.2) is 5.96 Å². The largest absolute Gasteiger partial charge is 0.381 e. The first-order valence-electron chi connectivity index (χ1n) is 9.64. The highest BCUT2D eigenvalue weighted by Gasteiger charge is 2.42. The maximum absolute atomic E-state index is 11.8. The number of hydrogen-bond acceptors (Lipinski definition) is 3. The van der Waals surface area contributed by atoms with Gasteiger partial charge in [0.05, 0.1) is 13.2 Å². The van der Waals surface area contributed by atoms with Crippen LogP contribution < -0.4 is 10.6 Å². The molecule has 1 aromatic rings. The third kappa shape index (κ3) is 5.57. The molecule has 0 radical (unpaired) electrons.